The highest BCUT2D eigenvalue weighted by molar-refractivity contribution is 5.85. The van der Waals surface area contributed by atoms with E-state index in [0.717, 1.165) is 19.1 Å². The Balaban J connectivity index is 0.000000853. The number of nitrogens with one attached hydrogen (secondary N) is 1. The number of aryl methyl sites for hydroxylation is 1. The predicted octanol–water partition coefficient (Wildman–Crippen LogP) is 1.75. The van der Waals surface area contributed by atoms with Gasteiger partial charge in [-0.1, -0.05) is 12.1 Å². The average Bonchev–Trinajstić information content (AvgIpc) is 2.46. The first-order valence-corrected chi connectivity index (χ1v) is 5.41. The van der Waals surface area contributed by atoms with Crippen molar-refractivity contribution < 1.29 is 0 Å². The van der Waals surface area contributed by atoms with Crippen LogP contribution in [-0.4, -0.2) is 25.7 Å². The van der Waals surface area contributed by atoms with Crippen molar-refractivity contribution in [2.45, 2.75) is 19.4 Å². The molecule has 2 nitrogen and oxygen atoms in total. The number of hydrogen-bond acceptors (Lipinski definition) is 2. The molecule has 0 unspecified atom stereocenters. The lowest BCUT2D eigenvalue weighted by Gasteiger charge is -2.37. The highest BCUT2D eigenvalue weighted by Crippen LogP contribution is 2.31. The zero-order valence-electron chi connectivity index (χ0n) is 8.99. The summed E-state index contributed by atoms with van der Waals surface area (Å²) >= 11 is 0. The molecule has 3 heteroatoms. The third-order valence-electron chi connectivity index (χ3n) is 3.37. The van der Waals surface area contributed by atoms with E-state index in [1.165, 1.54) is 29.8 Å². The van der Waals surface area contributed by atoms with Crippen LogP contribution in [0.25, 0.3) is 0 Å². The van der Waals surface area contributed by atoms with E-state index in [2.05, 4.69) is 35.3 Å². The second-order valence-corrected chi connectivity index (χ2v) is 4.39. The van der Waals surface area contributed by atoms with E-state index in [4.69, 9.17) is 0 Å². The maximum atomic E-state index is 3.34. The highest BCUT2D eigenvalue weighted by Gasteiger charge is 2.29. The van der Waals surface area contributed by atoms with Crippen molar-refractivity contribution in [3.05, 3.63) is 29.3 Å². The van der Waals surface area contributed by atoms with E-state index in [0.29, 0.717) is 0 Å². The van der Waals surface area contributed by atoms with Gasteiger partial charge in [-0.15, -0.1) is 12.4 Å². The van der Waals surface area contributed by atoms with Gasteiger partial charge in [0.1, 0.15) is 0 Å². The van der Waals surface area contributed by atoms with Crippen LogP contribution in [0.1, 0.15) is 11.1 Å². The highest BCUT2D eigenvalue weighted by atomic mass is 35.5. The van der Waals surface area contributed by atoms with Crippen LogP contribution in [0, 0.1) is 6.92 Å². The van der Waals surface area contributed by atoms with Crippen LogP contribution < -0.4 is 10.2 Å². The lowest BCUT2D eigenvalue weighted by Crippen LogP contribution is -2.56. The molecule has 15 heavy (non-hydrogen) atoms. The second kappa shape index (κ2) is 4.03. The maximum absolute atomic E-state index is 3.34. The van der Waals surface area contributed by atoms with Gasteiger partial charge in [0.25, 0.3) is 0 Å². The van der Waals surface area contributed by atoms with Crippen molar-refractivity contribution in [2.75, 3.05) is 24.5 Å². The third-order valence-corrected chi connectivity index (χ3v) is 3.37. The van der Waals surface area contributed by atoms with Crippen LogP contribution in [0.15, 0.2) is 18.2 Å². The maximum Gasteiger partial charge on any atom is 0.0539 e. The smallest absolute Gasteiger partial charge is 0.0539 e. The van der Waals surface area contributed by atoms with Gasteiger partial charge in [-0.05, 0) is 30.5 Å². The first-order chi connectivity index (χ1) is 6.84. The summed E-state index contributed by atoms with van der Waals surface area (Å²) in [5, 5.41) is 3.34. The number of fused-ring (bicyclic) bond motifs is 1. The van der Waals surface area contributed by atoms with E-state index >= 15 is 0 Å². The molecular weight excluding hydrogens is 208 g/mol. The SMILES string of the molecule is Cc1ccc2c(c1)N(C1CNC1)CC2.Cl. The molecule has 1 saturated heterocycles. The van der Waals surface area contributed by atoms with Gasteiger partial charge in [-0.3, -0.25) is 0 Å². The fourth-order valence-electron chi connectivity index (χ4n) is 2.39. The summed E-state index contributed by atoms with van der Waals surface area (Å²) in [6.07, 6.45) is 1.23. The molecule has 2 aliphatic heterocycles. The Labute approximate surface area is 97.1 Å². The van der Waals surface area contributed by atoms with Gasteiger partial charge in [0.2, 0.25) is 0 Å². The van der Waals surface area contributed by atoms with Crippen LogP contribution in [0.5, 0.6) is 0 Å². The van der Waals surface area contributed by atoms with Crippen molar-refractivity contribution in [3.63, 3.8) is 0 Å². The Morgan fingerprint density at radius 2 is 2.13 bits per heavy atom. The molecule has 0 atom stereocenters. The molecule has 0 radical (unpaired) electrons. The Hall–Kier alpha value is -0.730. The van der Waals surface area contributed by atoms with E-state index in [1.807, 2.05) is 0 Å². The van der Waals surface area contributed by atoms with Crippen LogP contribution in [-0.2, 0) is 6.42 Å². The summed E-state index contributed by atoms with van der Waals surface area (Å²) in [7, 11) is 0. The zero-order chi connectivity index (χ0) is 9.54. The first kappa shape index (κ1) is 10.8. The molecule has 0 saturated carbocycles. The minimum atomic E-state index is 0. The number of rotatable bonds is 1. The summed E-state index contributed by atoms with van der Waals surface area (Å²) in [6.45, 7) is 5.71. The van der Waals surface area contributed by atoms with Crippen molar-refractivity contribution in [1.29, 1.82) is 0 Å². The monoisotopic (exact) mass is 224 g/mol. The molecular formula is C12H17ClN2. The quantitative estimate of drug-likeness (QED) is 0.782. The van der Waals surface area contributed by atoms with Crippen molar-refractivity contribution >= 4 is 18.1 Å². The van der Waals surface area contributed by atoms with Gasteiger partial charge in [-0.25, -0.2) is 0 Å². The van der Waals surface area contributed by atoms with Gasteiger partial charge in [0, 0.05) is 25.3 Å². The Kier molecular flexibility index (Phi) is 2.89. The predicted molar refractivity (Wildman–Crippen MR) is 66.1 cm³/mol. The number of hydrogen-bond donors (Lipinski definition) is 1. The minimum absolute atomic E-state index is 0. The molecule has 0 bridgehead atoms. The van der Waals surface area contributed by atoms with Crippen molar-refractivity contribution in [2.24, 2.45) is 0 Å². The van der Waals surface area contributed by atoms with Gasteiger partial charge in [0.05, 0.1) is 6.04 Å². The standard InChI is InChI=1S/C12H16N2.ClH/c1-9-2-3-10-4-5-14(12(10)6-9)11-7-13-8-11;/h2-3,6,11,13H,4-5,7-8H2,1H3;1H. The third kappa shape index (κ3) is 1.72. The number of halogens is 1. The van der Waals surface area contributed by atoms with Gasteiger partial charge >= 0.3 is 0 Å². The number of nitrogens with zero attached hydrogens (tertiary/aromatic N) is 1. The second-order valence-electron chi connectivity index (χ2n) is 4.39. The molecule has 0 amide bonds. The largest absolute Gasteiger partial charge is 0.365 e. The normalized spacial score (nSPS) is 19.4. The van der Waals surface area contributed by atoms with E-state index < -0.39 is 0 Å². The first-order valence-electron chi connectivity index (χ1n) is 5.41. The summed E-state index contributed by atoms with van der Waals surface area (Å²) in [4.78, 5) is 2.57. The van der Waals surface area contributed by atoms with Crippen LogP contribution in [0.3, 0.4) is 0 Å². The fraction of sp³-hybridized carbons (Fsp3) is 0.500. The molecule has 0 spiro atoms. The Morgan fingerprint density at radius 1 is 1.33 bits per heavy atom. The van der Waals surface area contributed by atoms with E-state index in [9.17, 15) is 0 Å². The lowest BCUT2D eigenvalue weighted by atomic mass is 10.1. The lowest BCUT2D eigenvalue weighted by molar-refractivity contribution is 0.420. The van der Waals surface area contributed by atoms with Crippen molar-refractivity contribution in [1.82, 2.24) is 5.32 Å². The van der Waals surface area contributed by atoms with Gasteiger partial charge in [-0.2, -0.15) is 0 Å². The molecule has 1 aromatic carbocycles. The molecule has 0 aliphatic carbocycles. The molecule has 2 aliphatic rings. The fourth-order valence-corrected chi connectivity index (χ4v) is 2.39. The molecule has 3 rings (SSSR count). The van der Waals surface area contributed by atoms with Gasteiger partial charge in [0.15, 0.2) is 0 Å². The van der Waals surface area contributed by atoms with E-state index in [-0.39, 0.29) is 12.4 Å². The molecule has 2 heterocycles. The van der Waals surface area contributed by atoms with Crippen molar-refractivity contribution in [3.8, 4) is 0 Å². The zero-order valence-corrected chi connectivity index (χ0v) is 9.81. The summed E-state index contributed by atoms with van der Waals surface area (Å²) in [6, 6.07) is 7.59. The summed E-state index contributed by atoms with van der Waals surface area (Å²) in [5.41, 5.74) is 4.39. The number of benzene rings is 1. The van der Waals surface area contributed by atoms with Crippen LogP contribution >= 0.6 is 12.4 Å². The van der Waals surface area contributed by atoms with E-state index in [1.54, 1.807) is 0 Å². The van der Waals surface area contributed by atoms with Crippen LogP contribution in [0.2, 0.25) is 0 Å². The Morgan fingerprint density at radius 3 is 2.80 bits per heavy atom. The number of anilines is 1. The summed E-state index contributed by atoms with van der Waals surface area (Å²) in [5.74, 6) is 0. The molecule has 0 aromatic heterocycles. The molecule has 82 valence electrons. The molecule has 1 aromatic rings. The van der Waals surface area contributed by atoms with Crippen LogP contribution in [0.4, 0.5) is 5.69 Å². The average molecular weight is 225 g/mol. The van der Waals surface area contributed by atoms with Gasteiger partial charge < -0.3 is 10.2 Å². The summed E-state index contributed by atoms with van der Waals surface area (Å²) < 4.78 is 0. The molecule has 1 fully saturated rings. The molecule has 1 N–H and O–H groups in total. The minimum Gasteiger partial charge on any atom is -0.365 e. The Bertz CT molecular complexity index is 361. The topological polar surface area (TPSA) is 15.3 Å².